The Morgan fingerprint density at radius 3 is 1.24 bits per heavy atom. The van der Waals surface area contributed by atoms with Crippen LogP contribution in [0.2, 0.25) is 0 Å². The van der Waals surface area contributed by atoms with Gasteiger partial charge in [-0.25, -0.2) is 0 Å². The Balaban J connectivity index is 1.69. The van der Waals surface area contributed by atoms with Crippen LogP contribution in [0.3, 0.4) is 0 Å². The molecule has 0 amide bonds. The zero-order valence-corrected chi connectivity index (χ0v) is 25.8. The standard InChI is InChI=1S/C40H24Br2/c41-35-23-33-34(24-36(35)42)38(27-16-8-3-9-17-27)40-31-21-20-28(25-12-4-1-5-13-25)22-32(31)29-18-10-11-19-30(29)39(40)37(33)26-14-6-2-7-15-26/h1-24H. The summed E-state index contributed by atoms with van der Waals surface area (Å²) in [6.07, 6.45) is 0. The normalized spacial score (nSPS) is 11.6. The van der Waals surface area contributed by atoms with E-state index >= 15 is 0 Å². The van der Waals surface area contributed by atoms with Gasteiger partial charge in [0.05, 0.1) is 0 Å². The smallest absolute Gasteiger partial charge is 0.0324 e. The van der Waals surface area contributed by atoms with E-state index in [4.69, 9.17) is 0 Å². The van der Waals surface area contributed by atoms with Crippen LogP contribution in [-0.2, 0) is 0 Å². The summed E-state index contributed by atoms with van der Waals surface area (Å²) in [7, 11) is 0. The molecule has 42 heavy (non-hydrogen) atoms. The largest absolute Gasteiger partial charge is 0.0622 e. The van der Waals surface area contributed by atoms with Crippen molar-refractivity contribution in [1.82, 2.24) is 0 Å². The molecule has 0 aliphatic heterocycles. The van der Waals surface area contributed by atoms with E-state index in [1.165, 1.54) is 76.5 Å². The van der Waals surface area contributed by atoms with Gasteiger partial charge in [0.25, 0.3) is 0 Å². The van der Waals surface area contributed by atoms with Crippen molar-refractivity contribution in [3.63, 3.8) is 0 Å². The SMILES string of the molecule is Brc1cc2c(-c3ccccc3)c3c4ccccc4c4cc(-c5ccccc5)ccc4c3c(-c3ccccc3)c2cc1Br. The lowest BCUT2D eigenvalue weighted by atomic mass is 9.81. The minimum absolute atomic E-state index is 1.04. The molecule has 0 fully saturated rings. The first-order valence-electron chi connectivity index (χ1n) is 14.1. The molecular weight excluding hydrogens is 640 g/mol. The first-order chi connectivity index (χ1) is 20.7. The van der Waals surface area contributed by atoms with Gasteiger partial charge in [-0.1, -0.05) is 127 Å². The van der Waals surface area contributed by atoms with Gasteiger partial charge in [0.1, 0.15) is 0 Å². The molecule has 0 unspecified atom stereocenters. The van der Waals surface area contributed by atoms with E-state index < -0.39 is 0 Å². The molecule has 2 heteroatoms. The molecule has 198 valence electrons. The second-order valence-electron chi connectivity index (χ2n) is 10.7. The maximum absolute atomic E-state index is 3.85. The molecule has 0 heterocycles. The Hall–Kier alpha value is -4.24. The Bertz CT molecular complexity index is 2290. The Kier molecular flexibility index (Phi) is 6.21. The molecule has 0 bridgehead atoms. The molecule has 0 atom stereocenters. The molecule has 0 saturated carbocycles. The van der Waals surface area contributed by atoms with Crippen LogP contribution in [-0.4, -0.2) is 0 Å². The summed E-state index contributed by atoms with van der Waals surface area (Å²) in [5.74, 6) is 0. The summed E-state index contributed by atoms with van der Waals surface area (Å²) in [6, 6.07) is 52.9. The van der Waals surface area contributed by atoms with Crippen LogP contribution in [0, 0.1) is 0 Å². The molecule has 0 aromatic heterocycles. The van der Waals surface area contributed by atoms with E-state index in [2.05, 4.69) is 177 Å². The number of hydrogen-bond acceptors (Lipinski definition) is 0. The third-order valence-corrected chi connectivity index (χ3v) is 10.2. The summed E-state index contributed by atoms with van der Waals surface area (Å²) < 4.78 is 2.09. The third kappa shape index (κ3) is 4.01. The molecule has 8 aromatic carbocycles. The minimum atomic E-state index is 1.04. The fourth-order valence-electron chi connectivity index (χ4n) is 6.56. The van der Waals surface area contributed by atoms with Crippen LogP contribution in [0.15, 0.2) is 155 Å². The Morgan fingerprint density at radius 1 is 0.286 bits per heavy atom. The third-order valence-electron chi connectivity index (χ3n) is 8.36. The monoisotopic (exact) mass is 662 g/mol. The highest BCUT2D eigenvalue weighted by Gasteiger charge is 2.22. The number of benzene rings is 8. The molecule has 8 aromatic rings. The fraction of sp³-hybridized carbons (Fsp3) is 0. The quantitative estimate of drug-likeness (QED) is 0.130. The summed E-state index contributed by atoms with van der Waals surface area (Å²) >= 11 is 7.69. The highest BCUT2D eigenvalue weighted by Crippen LogP contribution is 2.51. The second kappa shape index (κ2) is 10.2. The van der Waals surface area contributed by atoms with Crippen molar-refractivity contribution >= 4 is 74.9 Å². The predicted molar refractivity (Wildman–Crippen MR) is 188 cm³/mol. The van der Waals surface area contributed by atoms with Gasteiger partial charge in [-0.15, -0.1) is 0 Å². The van der Waals surface area contributed by atoms with E-state index in [0.717, 1.165) is 8.95 Å². The van der Waals surface area contributed by atoms with Gasteiger partial charge >= 0.3 is 0 Å². The predicted octanol–water partition coefficient (Wildman–Crippen LogP) is 12.8. The topological polar surface area (TPSA) is 0 Å². The maximum Gasteiger partial charge on any atom is 0.0324 e. The molecule has 0 nitrogen and oxygen atoms in total. The van der Waals surface area contributed by atoms with Gasteiger partial charge in [-0.2, -0.15) is 0 Å². The van der Waals surface area contributed by atoms with Crippen molar-refractivity contribution in [1.29, 1.82) is 0 Å². The fourth-order valence-corrected chi connectivity index (χ4v) is 7.25. The second-order valence-corrected chi connectivity index (χ2v) is 12.4. The van der Waals surface area contributed by atoms with Gasteiger partial charge < -0.3 is 0 Å². The van der Waals surface area contributed by atoms with Crippen molar-refractivity contribution in [2.45, 2.75) is 0 Å². The first-order valence-corrected chi connectivity index (χ1v) is 15.7. The molecular formula is C40H24Br2. The van der Waals surface area contributed by atoms with Crippen molar-refractivity contribution in [2.24, 2.45) is 0 Å². The van der Waals surface area contributed by atoms with Gasteiger partial charge in [0, 0.05) is 8.95 Å². The van der Waals surface area contributed by atoms with Crippen LogP contribution in [0.5, 0.6) is 0 Å². The molecule has 8 rings (SSSR count). The number of fused-ring (bicyclic) bond motifs is 7. The van der Waals surface area contributed by atoms with Crippen LogP contribution < -0.4 is 0 Å². The lowest BCUT2D eigenvalue weighted by Gasteiger charge is -2.22. The van der Waals surface area contributed by atoms with E-state index in [-0.39, 0.29) is 0 Å². The highest BCUT2D eigenvalue weighted by atomic mass is 79.9. The molecule has 0 radical (unpaired) electrons. The first kappa shape index (κ1) is 25.5. The Morgan fingerprint density at radius 2 is 0.714 bits per heavy atom. The van der Waals surface area contributed by atoms with Crippen molar-refractivity contribution in [2.75, 3.05) is 0 Å². The van der Waals surface area contributed by atoms with Crippen molar-refractivity contribution < 1.29 is 0 Å². The zero-order valence-electron chi connectivity index (χ0n) is 22.6. The average molecular weight is 664 g/mol. The lowest BCUT2D eigenvalue weighted by Crippen LogP contribution is -1.94. The van der Waals surface area contributed by atoms with E-state index in [1.54, 1.807) is 0 Å². The lowest BCUT2D eigenvalue weighted by molar-refractivity contribution is 1.62. The Labute approximate surface area is 261 Å². The van der Waals surface area contributed by atoms with E-state index in [1.807, 2.05) is 0 Å². The summed E-state index contributed by atoms with van der Waals surface area (Å²) in [5, 5.41) is 10.1. The van der Waals surface area contributed by atoms with Gasteiger partial charge in [0.15, 0.2) is 0 Å². The summed E-state index contributed by atoms with van der Waals surface area (Å²) in [6.45, 7) is 0. The average Bonchev–Trinajstić information content (AvgIpc) is 3.05. The number of rotatable bonds is 3. The van der Waals surface area contributed by atoms with Gasteiger partial charge in [0.2, 0.25) is 0 Å². The molecule has 0 aliphatic rings. The van der Waals surface area contributed by atoms with Crippen LogP contribution in [0.25, 0.3) is 76.5 Å². The van der Waals surface area contributed by atoms with Crippen LogP contribution in [0.4, 0.5) is 0 Å². The number of halogens is 2. The molecule has 0 spiro atoms. The number of hydrogen-bond donors (Lipinski definition) is 0. The van der Waals surface area contributed by atoms with Crippen LogP contribution in [0.1, 0.15) is 0 Å². The van der Waals surface area contributed by atoms with E-state index in [9.17, 15) is 0 Å². The summed E-state index contributed by atoms with van der Waals surface area (Å²) in [5.41, 5.74) is 7.40. The molecule has 0 N–H and O–H groups in total. The van der Waals surface area contributed by atoms with Crippen molar-refractivity contribution in [3.8, 4) is 33.4 Å². The summed E-state index contributed by atoms with van der Waals surface area (Å²) in [4.78, 5) is 0. The highest BCUT2D eigenvalue weighted by molar-refractivity contribution is 9.13. The zero-order chi connectivity index (χ0) is 28.2. The van der Waals surface area contributed by atoms with Crippen LogP contribution >= 0.6 is 31.9 Å². The van der Waals surface area contributed by atoms with Gasteiger partial charge in [-0.3, -0.25) is 0 Å². The van der Waals surface area contributed by atoms with E-state index in [0.29, 0.717) is 0 Å². The maximum atomic E-state index is 3.85. The molecule has 0 saturated heterocycles. The van der Waals surface area contributed by atoms with Gasteiger partial charge in [-0.05, 0) is 127 Å². The van der Waals surface area contributed by atoms with Crippen molar-refractivity contribution in [3.05, 3.63) is 155 Å². The minimum Gasteiger partial charge on any atom is -0.0622 e. The molecule has 0 aliphatic carbocycles.